The Morgan fingerprint density at radius 2 is 2.26 bits per heavy atom. The Kier molecular flexibility index (Phi) is 4.38. The van der Waals surface area contributed by atoms with E-state index in [1.165, 1.54) is 12.5 Å². The Labute approximate surface area is 133 Å². The molecule has 1 aromatic carbocycles. The van der Waals surface area contributed by atoms with Crippen molar-refractivity contribution in [2.24, 2.45) is 5.73 Å². The number of nitrogens with zero attached hydrogens (tertiary/aromatic N) is 2. The Morgan fingerprint density at radius 3 is 3.04 bits per heavy atom. The molecule has 2 heterocycles. The molecule has 3 rings (SSSR count). The molecular weight excluding hydrogens is 294 g/mol. The smallest absolute Gasteiger partial charge is 0.257 e. The van der Waals surface area contributed by atoms with Crippen molar-refractivity contribution in [3.8, 4) is 11.5 Å². The molecule has 120 valence electrons. The van der Waals surface area contributed by atoms with Crippen LogP contribution in [0.15, 0.2) is 28.9 Å². The lowest BCUT2D eigenvalue weighted by molar-refractivity contribution is -0.118. The van der Waals surface area contributed by atoms with E-state index in [1.54, 1.807) is 0 Å². The number of aromatic nitrogens is 3. The molecular formula is C16H19N5O2. The molecule has 2 aromatic heterocycles. The lowest BCUT2D eigenvalue weighted by Crippen LogP contribution is -2.22. The highest BCUT2D eigenvalue weighted by atomic mass is 16.5. The predicted octanol–water partition coefficient (Wildman–Crippen LogP) is 1.40. The summed E-state index contributed by atoms with van der Waals surface area (Å²) in [6.45, 7) is 2.57. The van der Waals surface area contributed by atoms with Crippen LogP contribution in [-0.4, -0.2) is 34.1 Å². The topological polar surface area (TPSA) is 110 Å². The summed E-state index contributed by atoms with van der Waals surface area (Å²) in [6, 6.07) is 5.96. The summed E-state index contributed by atoms with van der Waals surface area (Å²) < 4.78 is 5.32. The average Bonchev–Trinajstić information content (AvgIpc) is 3.14. The number of aromatic amines is 1. The van der Waals surface area contributed by atoms with Crippen molar-refractivity contribution < 1.29 is 9.32 Å². The molecule has 4 N–H and O–H groups in total. The summed E-state index contributed by atoms with van der Waals surface area (Å²) in [5.41, 5.74) is 8.75. The third-order valence-electron chi connectivity index (χ3n) is 3.62. The molecule has 0 unspecified atom stereocenters. The van der Waals surface area contributed by atoms with E-state index < -0.39 is 0 Å². The van der Waals surface area contributed by atoms with Crippen LogP contribution in [0.2, 0.25) is 0 Å². The Balaban J connectivity index is 1.81. The summed E-state index contributed by atoms with van der Waals surface area (Å²) in [4.78, 5) is 18.5. The second-order valence-corrected chi connectivity index (χ2v) is 5.36. The molecule has 7 heteroatoms. The number of rotatable bonds is 6. The highest BCUT2D eigenvalue weighted by Gasteiger charge is 2.11. The van der Waals surface area contributed by atoms with E-state index in [-0.39, 0.29) is 5.91 Å². The average molecular weight is 313 g/mol. The minimum Gasteiger partial charge on any atom is -0.361 e. The third-order valence-corrected chi connectivity index (χ3v) is 3.62. The number of fused-ring (bicyclic) bond motifs is 1. The first kappa shape index (κ1) is 15.2. The first-order valence-corrected chi connectivity index (χ1v) is 7.55. The van der Waals surface area contributed by atoms with E-state index in [4.69, 9.17) is 10.3 Å². The molecule has 7 nitrogen and oxygen atoms in total. The zero-order valence-corrected chi connectivity index (χ0v) is 12.9. The van der Waals surface area contributed by atoms with Gasteiger partial charge in [-0.1, -0.05) is 5.16 Å². The molecule has 0 aliphatic rings. The maximum absolute atomic E-state index is 10.9. The number of amides is 1. The molecule has 3 aromatic rings. The number of hydrogen-bond donors (Lipinski definition) is 3. The number of H-pyrrole nitrogens is 1. The molecule has 0 aliphatic carbocycles. The van der Waals surface area contributed by atoms with E-state index >= 15 is 0 Å². The van der Waals surface area contributed by atoms with E-state index in [9.17, 15) is 4.79 Å². The van der Waals surface area contributed by atoms with Gasteiger partial charge in [-0.25, -0.2) is 0 Å². The summed E-state index contributed by atoms with van der Waals surface area (Å²) in [6.07, 6.45) is 3.33. The molecule has 0 radical (unpaired) electrons. The molecule has 0 spiro atoms. The van der Waals surface area contributed by atoms with Gasteiger partial charge in [-0.05, 0) is 36.7 Å². The SMILES string of the molecule is CC(=O)NCCc1noc(-c2ccc3[nH]cc(CCN)c3c2)n1. The number of carbonyl (C=O) groups is 1. The lowest BCUT2D eigenvalue weighted by atomic mass is 10.1. The van der Waals surface area contributed by atoms with Gasteiger partial charge in [-0.15, -0.1) is 0 Å². The largest absolute Gasteiger partial charge is 0.361 e. The molecule has 0 saturated carbocycles. The number of benzene rings is 1. The van der Waals surface area contributed by atoms with E-state index in [1.807, 2.05) is 24.4 Å². The Hall–Kier alpha value is -2.67. The van der Waals surface area contributed by atoms with E-state index in [0.29, 0.717) is 31.2 Å². The van der Waals surface area contributed by atoms with Gasteiger partial charge in [-0.2, -0.15) is 4.98 Å². The highest BCUT2D eigenvalue weighted by molar-refractivity contribution is 5.87. The van der Waals surface area contributed by atoms with Crippen molar-refractivity contribution in [1.82, 2.24) is 20.4 Å². The second kappa shape index (κ2) is 6.62. The molecule has 0 fully saturated rings. The second-order valence-electron chi connectivity index (χ2n) is 5.36. The van der Waals surface area contributed by atoms with Crippen LogP contribution in [0.3, 0.4) is 0 Å². The van der Waals surface area contributed by atoms with Crippen LogP contribution < -0.4 is 11.1 Å². The number of hydrogen-bond acceptors (Lipinski definition) is 5. The molecule has 0 saturated heterocycles. The van der Waals surface area contributed by atoms with Gasteiger partial charge in [-0.3, -0.25) is 4.79 Å². The van der Waals surface area contributed by atoms with Crippen molar-refractivity contribution in [3.05, 3.63) is 35.8 Å². The van der Waals surface area contributed by atoms with Crippen molar-refractivity contribution >= 4 is 16.8 Å². The minimum atomic E-state index is -0.0703. The van der Waals surface area contributed by atoms with Crippen molar-refractivity contribution in [2.75, 3.05) is 13.1 Å². The van der Waals surface area contributed by atoms with Crippen LogP contribution in [0.1, 0.15) is 18.3 Å². The van der Waals surface area contributed by atoms with E-state index in [0.717, 1.165) is 22.9 Å². The van der Waals surface area contributed by atoms with Gasteiger partial charge in [0.1, 0.15) is 0 Å². The molecule has 0 bridgehead atoms. The van der Waals surface area contributed by atoms with Crippen LogP contribution in [0.4, 0.5) is 0 Å². The van der Waals surface area contributed by atoms with Gasteiger partial charge in [0.2, 0.25) is 5.91 Å². The van der Waals surface area contributed by atoms with Crippen molar-refractivity contribution in [2.45, 2.75) is 19.8 Å². The van der Waals surface area contributed by atoms with Gasteiger partial charge in [0.05, 0.1) is 0 Å². The van der Waals surface area contributed by atoms with Crippen LogP contribution in [-0.2, 0) is 17.6 Å². The molecule has 0 aliphatic heterocycles. The Bertz CT molecular complexity index is 821. The van der Waals surface area contributed by atoms with Crippen LogP contribution in [0.5, 0.6) is 0 Å². The van der Waals surface area contributed by atoms with E-state index in [2.05, 4.69) is 20.4 Å². The fourth-order valence-corrected chi connectivity index (χ4v) is 2.50. The molecule has 0 atom stereocenters. The first-order valence-electron chi connectivity index (χ1n) is 7.55. The van der Waals surface area contributed by atoms with Gasteiger partial charge < -0.3 is 20.6 Å². The van der Waals surface area contributed by atoms with Gasteiger partial charge >= 0.3 is 0 Å². The number of nitrogens with one attached hydrogen (secondary N) is 2. The maximum Gasteiger partial charge on any atom is 0.257 e. The van der Waals surface area contributed by atoms with Crippen molar-refractivity contribution in [1.29, 1.82) is 0 Å². The lowest BCUT2D eigenvalue weighted by Gasteiger charge is -1.99. The number of carbonyl (C=O) groups excluding carboxylic acids is 1. The zero-order valence-electron chi connectivity index (χ0n) is 12.9. The summed E-state index contributed by atoms with van der Waals surface area (Å²) in [5.74, 6) is 0.980. The maximum atomic E-state index is 10.9. The predicted molar refractivity (Wildman–Crippen MR) is 86.7 cm³/mol. The number of nitrogens with two attached hydrogens (primary N) is 1. The fourth-order valence-electron chi connectivity index (χ4n) is 2.50. The minimum absolute atomic E-state index is 0.0703. The van der Waals surface area contributed by atoms with Gasteiger partial charge in [0.25, 0.3) is 5.89 Å². The quantitative estimate of drug-likeness (QED) is 0.637. The zero-order chi connectivity index (χ0) is 16.2. The Morgan fingerprint density at radius 1 is 1.39 bits per heavy atom. The molecule has 1 amide bonds. The normalized spacial score (nSPS) is 11.0. The first-order chi connectivity index (χ1) is 11.2. The van der Waals surface area contributed by atoms with Crippen LogP contribution in [0, 0.1) is 0 Å². The third kappa shape index (κ3) is 3.40. The summed E-state index contributed by atoms with van der Waals surface area (Å²) in [7, 11) is 0. The molecule has 23 heavy (non-hydrogen) atoms. The summed E-state index contributed by atoms with van der Waals surface area (Å²) in [5, 5.41) is 7.78. The standard InChI is InChI=1S/C16H19N5O2/c1-10(22)18-7-5-15-20-16(23-21-15)11-2-3-14-13(8-11)12(4-6-17)9-19-14/h2-3,8-9,19H,4-7,17H2,1H3,(H,18,22). The summed E-state index contributed by atoms with van der Waals surface area (Å²) >= 11 is 0. The van der Waals surface area contributed by atoms with Gasteiger partial charge in [0, 0.05) is 42.6 Å². The fraction of sp³-hybridized carbons (Fsp3) is 0.312. The van der Waals surface area contributed by atoms with Crippen molar-refractivity contribution in [3.63, 3.8) is 0 Å². The van der Waals surface area contributed by atoms with Crippen LogP contribution >= 0.6 is 0 Å². The monoisotopic (exact) mass is 313 g/mol. The van der Waals surface area contributed by atoms with Gasteiger partial charge in [0.15, 0.2) is 5.82 Å². The van der Waals surface area contributed by atoms with Crippen LogP contribution in [0.25, 0.3) is 22.4 Å². The highest BCUT2D eigenvalue weighted by Crippen LogP contribution is 2.25.